The predicted molar refractivity (Wildman–Crippen MR) is 155 cm³/mol. The third kappa shape index (κ3) is 4.87. The van der Waals surface area contributed by atoms with Gasteiger partial charge in [-0.1, -0.05) is 36.1 Å². The second kappa shape index (κ2) is 11.0. The molecule has 208 valence electrons. The molecule has 3 aromatic carbocycles. The molecule has 1 saturated heterocycles. The fourth-order valence-electron chi connectivity index (χ4n) is 4.87. The molecule has 1 N–H and O–H groups in total. The molecule has 0 radical (unpaired) electrons. The highest BCUT2D eigenvalue weighted by Crippen LogP contribution is 2.46. The molecule has 2 aliphatic rings. The molecule has 2 aliphatic heterocycles. The van der Waals surface area contributed by atoms with Gasteiger partial charge in [-0.15, -0.1) is 0 Å². The zero-order chi connectivity index (χ0) is 28.5. The number of amides is 1. The Hall–Kier alpha value is -4.83. The van der Waals surface area contributed by atoms with Gasteiger partial charge in [-0.05, 0) is 61.0 Å². The van der Waals surface area contributed by atoms with Crippen LogP contribution in [0.5, 0.6) is 23.0 Å². The van der Waals surface area contributed by atoms with E-state index in [1.165, 1.54) is 16.2 Å². The standard InChI is InChI=1S/C31H26N2O7S/c1-3-12-38-20-7-5-6-18(15-20)27-26(28(34)19-8-11-23-24(16-19)40-14-13-39-23)29(35)30(36)33(27)31-32-22-10-9-21(37-4-2)17-25(22)41-31/h3,5-11,15-17,27,34H,1,4,12-14H2,2H3/b28-26+/t27-/m0/s1. The van der Waals surface area contributed by atoms with Crippen LogP contribution in [0, 0.1) is 0 Å². The van der Waals surface area contributed by atoms with Gasteiger partial charge < -0.3 is 24.1 Å². The molecule has 41 heavy (non-hydrogen) atoms. The van der Waals surface area contributed by atoms with Crippen molar-refractivity contribution in [1.29, 1.82) is 0 Å². The van der Waals surface area contributed by atoms with Gasteiger partial charge in [-0.3, -0.25) is 14.5 Å². The number of Topliss-reactive ketones (excluding diaryl/α,β-unsaturated/α-hetero) is 1. The predicted octanol–water partition coefficient (Wildman–Crippen LogP) is 5.66. The molecule has 0 saturated carbocycles. The van der Waals surface area contributed by atoms with E-state index in [0.29, 0.717) is 64.6 Å². The highest BCUT2D eigenvalue weighted by molar-refractivity contribution is 7.22. The van der Waals surface area contributed by atoms with Crippen molar-refractivity contribution in [2.75, 3.05) is 31.3 Å². The first-order valence-corrected chi connectivity index (χ1v) is 13.9. The van der Waals surface area contributed by atoms with Crippen LogP contribution in [0.1, 0.15) is 24.1 Å². The van der Waals surface area contributed by atoms with Gasteiger partial charge in [0.2, 0.25) is 0 Å². The number of fused-ring (bicyclic) bond motifs is 2. The van der Waals surface area contributed by atoms with Gasteiger partial charge in [-0.2, -0.15) is 0 Å². The van der Waals surface area contributed by atoms with E-state index in [0.717, 1.165) is 4.70 Å². The maximum atomic E-state index is 13.7. The first-order chi connectivity index (χ1) is 20.0. The molecule has 0 bridgehead atoms. The quantitative estimate of drug-likeness (QED) is 0.125. The van der Waals surface area contributed by atoms with Crippen LogP contribution in [-0.4, -0.2) is 48.2 Å². The van der Waals surface area contributed by atoms with E-state index in [-0.39, 0.29) is 17.9 Å². The van der Waals surface area contributed by atoms with Crippen molar-refractivity contribution < 1.29 is 33.6 Å². The maximum Gasteiger partial charge on any atom is 0.301 e. The minimum absolute atomic E-state index is 0.0678. The number of nitrogens with zero attached hydrogens (tertiary/aromatic N) is 2. The molecule has 4 aromatic rings. The van der Waals surface area contributed by atoms with Gasteiger partial charge in [0.1, 0.15) is 37.1 Å². The monoisotopic (exact) mass is 570 g/mol. The van der Waals surface area contributed by atoms with Crippen molar-refractivity contribution in [3.8, 4) is 23.0 Å². The fourth-order valence-corrected chi connectivity index (χ4v) is 5.89. The van der Waals surface area contributed by atoms with E-state index >= 15 is 0 Å². The van der Waals surface area contributed by atoms with Gasteiger partial charge in [0.25, 0.3) is 5.78 Å². The molecule has 1 aromatic heterocycles. The van der Waals surface area contributed by atoms with Crippen molar-refractivity contribution in [2.45, 2.75) is 13.0 Å². The fraction of sp³-hybridized carbons (Fsp3) is 0.194. The van der Waals surface area contributed by atoms with Crippen LogP contribution >= 0.6 is 11.3 Å². The molecule has 6 rings (SSSR count). The van der Waals surface area contributed by atoms with Gasteiger partial charge in [0.05, 0.1) is 28.4 Å². The maximum absolute atomic E-state index is 13.7. The van der Waals surface area contributed by atoms with Gasteiger partial charge in [0, 0.05) is 5.56 Å². The number of benzene rings is 3. The van der Waals surface area contributed by atoms with Crippen LogP contribution in [0.25, 0.3) is 16.0 Å². The molecule has 9 nitrogen and oxygen atoms in total. The number of rotatable bonds is 8. The lowest BCUT2D eigenvalue weighted by Gasteiger charge is -2.23. The number of hydrogen-bond acceptors (Lipinski definition) is 9. The normalized spacial score (nSPS) is 17.6. The van der Waals surface area contributed by atoms with Gasteiger partial charge in [0.15, 0.2) is 16.6 Å². The van der Waals surface area contributed by atoms with E-state index in [4.69, 9.17) is 18.9 Å². The molecule has 3 heterocycles. The summed E-state index contributed by atoms with van der Waals surface area (Å²) in [6.07, 6.45) is 1.62. The van der Waals surface area contributed by atoms with Crippen molar-refractivity contribution in [3.05, 3.63) is 90.0 Å². The van der Waals surface area contributed by atoms with Crippen LogP contribution < -0.4 is 23.8 Å². The molecule has 0 unspecified atom stereocenters. The number of anilines is 1. The van der Waals surface area contributed by atoms with E-state index in [2.05, 4.69) is 11.6 Å². The summed E-state index contributed by atoms with van der Waals surface area (Å²) in [6, 6.07) is 16.5. The number of aromatic nitrogens is 1. The Morgan fingerprint density at radius 2 is 1.88 bits per heavy atom. The molecule has 10 heteroatoms. The number of aliphatic hydroxyl groups is 1. The number of ether oxygens (including phenoxy) is 4. The van der Waals surface area contributed by atoms with Crippen molar-refractivity contribution in [1.82, 2.24) is 4.98 Å². The highest BCUT2D eigenvalue weighted by atomic mass is 32.1. The van der Waals surface area contributed by atoms with Crippen molar-refractivity contribution in [2.24, 2.45) is 0 Å². The van der Waals surface area contributed by atoms with E-state index in [1.807, 2.05) is 25.1 Å². The van der Waals surface area contributed by atoms with Crippen LogP contribution in [-0.2, 0) is 9.59 Å². The number of hydrogen-bond donors (Lipinski definition) is 1. The number of carbonyl (C=O) groups excluding carboxylic acids is 2. The molecule has 1 fully saturated rings. The topological polar surface area (TPSA) is 107 Å². The summed E-state index contributed by atoms with van der Waals surface area (Å²) in [7, 11) is 0. The minimum atomic E-state index is -0.970. The summed E-state index contributed by atoms with van der Waals surface area (Å²) >= 11 is 1.26. The Bertz CT molecular complexity index is 1710. The second-order valence-electron chi connectivity index (χ2n) is 9.26. The number of ketones is 1. The largest absolute Gasteiger partial charge is 0.507 e. The molecular weight excluding hydrogens is 544 g/mol. The third-order valence-corrected chi connectivity index (χ3v) is 7.68. The van der Waals surface area contributed by atoms with E-state index in [9.17, 15) is 14.7 Å². The second-order valence-corrected chi connectivity index (χ2v) is 10.3. The van der Waals surface area contributed by atoms with Crippen LogP contribution in [0.3, 0.4) is 0 Å². The average molecular weight is 571 g/mol. The third-order valence-electron chi connectivity index (χ3n) is 6.67. The lowest BCUT2D eigenvalue weighted by atomic mass is 9.95. The number of carbonyl (C=O) groups is 2. The number of aliphatic hydroxyl groups excluding tert-OH is 1. The molecule has 1 atom stereocenters. The van der Waals surface area contributed by atoms with Crippen LogP contribution in [0.15, 0.2) is 78.9 Å². The Labute approximate surface area is 239 Å². The first kappa shape index (κ1) is 26.4. The molecule has 0 spiro atoms. The SMILES string of the molecule is C=CCOc1cccc([C@H]2/C(=C(\O)c3ccc4c(c3)OCCO4)C(=O)C(=O)N2c2nc3ccc(OCC)cc3s2)c1. The highest BCUT2D eigenvalue weighted by Gasteiger charge is 2.48. The summed E-state index contributed by atoms with van der Waals surface area (Å²) < 4.78 is 23.4. The smallest absolute Gasteiger partial charge is 0.301 e. The van der Waals surface area contributed by atoms with Gasteiger partial charge in [-0.25, -0.2) is 4.98 Å². The van der Waals surface area contributed by atoms with Crippen LogP contribution in [0.4, 0.5) is 5.13 Å². The minimum Gasteiger partial charge on any atom is -0.507 e. The number of thiazole rings is 1. The Morgan fingerprint density at radius 1 is 1.07 bits per heavy atom. The zero-order valence-corrected chi connectivity index (χ0v) is 23.0. The summed E-state index contributed by atoms with van der Waals surface area (Å²) in [5.41, 5.74) is 1.48. The molecule has 0 aliphatic carbocycles. The zero-order valence-electron chi connectivity index (χ0n) is 22.2. The average Bonchev–Trinajstić information content (AvgIpc) is 3.53. The van der Waals surface area contributed by atoms with Crippen LogP contribution in [0.2, 0.25) is 0 Å². The summed E-state index contributed by atoms with van der Waals surface area (Å²) in [6.45, 7) is 7.16. The summed E-state index contributed by atoms with van der Waals surface area (Å²) in [5.74, 6) is 0.243. The Kier molecular flexibility index (Phi) is 7.07. The van der Waals surface area contributed by atoms with E-state index in [1.54, 1.807) is 48.5 Å². The van der Waals surface area contributed by atoms with E-state index < -0.39 is 17.7 Å². The summed E-state index contributed by atoms with van der Waals surface area (Å²) in [5, 5.41) is 11.9. The van der Waals surface area contributed by atoms with Crippen molar-refractivity contribution >= 4 is 44.1 Å². The molecule has 1 amide bonds. The van der Waals surface area contributed by atoms with Gasteiger partial charge >= 0.3 is 5.91 Å². The summed E-state index contributed by atoms with van der Waals surface area (Å²) in [4.78, 5) is 33.3. The lowest BCUT2D eigenvalue weighted by Crippen LogP contribution is -2.29. The van der Waals surface area contributed by atoms with Crippen molar-refractivity contribution in [3.63, 3.8) is 0 Å². The Balaban J connectivity index is 1.51. The first-order valence-electron chi connectivity index (χ1n) is 13.1. The molecular formula is C31H26N2O7S. The Morgan fingerprint density at radius 3 is 2.68 bits per heavy atom. The lowest BCUT2D eigenvalue weighted by molar-refractivity contribution is -0.132.